The zero-order chi connectivity index (χ0) is 14.0. The van der Waals surface area contributed by atoms with Crippen molar-refractivity contribution in [2.45, 2.75) is 20.3 Å². The molecule has 0 unspecified atom stereocenters. The standard InChI is InChI=1S/C14H15ClFNOS/c1-8(2)6-12-13(17-14(15)19-12)9-4-5-11(18-3)10(16)7-9/h4-5,7-8H,6H2,1-3H3. The molecule has 1 aromatic carbocycles. The molecule has 0 saturated carbocycles. The number of rotatable bonds is 4. The van der Waals surface area contributed by atoms with Crippen molar-refractivity contribution in [3.8, 4) is 17.0 Å². The van der Waals surface area contributed by atoms with Gasteiger partial charge in [-0.3, -0.25) is 0 Å². The maximum atomic E-state index is 13.8. The summed E-state index contributed by atoms with van der Waals surface area (Å²) >= 11 is 7.44. The molecule has 0 aliphatic rings. The molecule has 0 saturated heterocycles. The predicted octanol–water partition coefficient (Wildman–Crippen LogP) is 4.81. The second kappa shape index (κ2) is 5.88. The lowest BCUT2D eigenvalue weighted by molar-refractivity contribution is 0.386. The topological polar surface area (TPSA) is 22.1 Å². The van der Waals surface area contributed by atoms with Gasteiger partial charge in [0.2, 0.25) is 0 Å². The first kappa shape index (κ1) is 14.3. The molecule has 2 nitrogen and oxygen atoms in total. The third kappa shape index (κ3) is 3.25. The highest BCUT2D eigenvalue weighted by molar-refractivity contribution is 7.16. The van der Waals surface area contributed by atoms with Crippen molar-refractivity contribution < 1.29 is 9.13 Å². The van der Waals surface area contributed by atoms with E-state index < -0.39 is 0 Å². The van der Waals surface area contributed by atoms with Gasteiger partial charge >= 0.3 is 0 Å². The molecule has 2 aromatic rings. The first-order chi connectivity index (χ1) is 9.01. The lowest BCUT2D eigenvalue weighted by Gasteiger charge is -2.07. The third-order valence-electron chi connectivity index (χ3n) is 2.69. The second-order valence-electron chi connectivity index (χ2n) is 4.69. The molecule has 19 heavy (non-hydrogen) atoms. The highest BCUT2D eigenvalue weighted by atomic mass is 35.5. The van der Waals surface area contributed by atoms with Gasteiger partial charge in [0.05, 0.1) is 12.8 Å². The van der Waals surface area contributed by atoms with Crippen LogP contribution in [0.15, 0.2) is 18.2 Å². The summed E-state index contributed by atoms with van der Waals surface area (Å²) in [5.74, 6) is 0.341. The summed E-state index contributed by atoms with van der Waals surface area (Å²) < 4.78 is 19.2. The molecule has 1 heterocycles. The number of halogens is 2. The van der Waals surface area contributed by atoms with Crippen molar-refractivity contribution in [2.24, 2.45) is 5.92 Å². The van der Waals surface area contributed by atoms with Crippen LogP contribution in [0.25, 0.3) is 11.3 Å². The zero-order valence-corrected chi connectivity index (χ0v) is 12.6. The number of thiazole rings is 1. The number of nitrogens with zero attached hydrogens (tertiary/aromatic N) is 1. The number of hydrogen-bond donors (Lipinski definition) is 0. The Hall–Kier alpha value is -1.13. The number of hydrogen-bond acceptors (Lipinski definition) is 3. The Labute approximate surface area is 121 Å². The van der Waals surface area contributed by atoms with Crippen molar-refractivity contribution in [2.75, 3.05) is 7.11 Å². The Bertz CT molecular complexity index is 583. The average Bonchev–Trinajstić information content (AvgIpc) is 2.69. The molecule has 0 amide bonds. The van der Waals surface area contributed by atoms with Gasteiger partial charge in [-0.1, -0.05) is 25.4 Å². The summed E-state index contributed by atoms with van der Waals surface area (Å²) in [5.41, 5.74) is 1.50. The van der Waals surface area contributed by atoms with Gasteiger partial charge < -0.3 is 4.74 Å². The smallest absolute Gasteiger partial charge is 0.184 e. The monoisotopic (exact) mass is 299 g/mol. The fraction of sp³-hybridized carbons (Fsp3) is 0.357. The minimum Gasteiger partial charge on any atom is -0.494 e. The third-order valence-corrected chi connectivity index (χ3v) is 3.87. The summed E-state index contributed by atoms with van der Waals surface area (Å²) in [6.45, 7) is 4.26. The first-order valence-corrected chi connectivity index (χ1v) is 7.19. The molecule has 0 spiro atoms. The maximum Gasteiger partial charge on any atom is 0.184 e. The summed E-state index contributed by atoms with van der Waals surface area (Å²) in [4.78, 5) is 5.39. The molecule has 0 bridgehead atoms. The fourth-order valence-electron chi connectivity index (χ4n) is 1.87. The zero-order valence-electron chi connectivity index (χ0n) is 11.0. The summed E-state index contributed by atoms with van der Waals surface area (Å²) in [6, 6.07) is 4.85. The Balaban J connectivity index is 2.43. The molecule has 0 radical (unpaired) electrons. The van der Waals surface area contributed by atoms with Crippen molar-refractivity contribution in [1.82, 2.24) is 4.98 Å². The van der Waals surface area contributed by atoms with Crippen LogP contribution < -0.4 is 4.74 Å². The van der Waals surface area contributed by atoms with E-state index in [1.165, 1.54) is 24.5 Å². The largest absolute Gasteiger partial charge is 0.494 e. The highest BCUT2D eigenvalue weighted by Crippen LogP contribution is 2.34. The highest BCUT2D eigenvalue weighted by Gasteiger charge is 2.15. The van der Waals surface area contributed by atoms with Gasteiger partial charge in [-0.05, 0) is 30.5 Å². The van der Waals surface area contributed by atoms with E-state index in [4.69, 9.17) is 16.3 Å². The molecule has 102 valence electrons. The minimum absolute atomic E-state index is 0.232. The molecule has 0 fully saturated rings. The molecule has 2 rings (SSSR count). The van der Waals surface area contributed by atoms with Gasteiger partial charge in [0.15, 0.2) is 16.0 Å². The Kier molecular flexibility index (Phi) is 4.42. The van der Waals surface area contributed by atoms with Crippen LogP contribution in [0.2, 0.25) is 4.47 Å². The van der Waals surface area contributed by atoms with Gasteiger partial charge in [0, 0.05) is 10.4 Å². The number of ether oxygens (including phenoxy) is 1. The van der Waals surface area contributed by atoms with Crippen LogP contribution in [-0.4, -0.2) is 12.1 Å². The van der Waals surface area contributed by atoms with E-state index in [9.17, 15) is 4.39 Å². The van der Waals surface area contributed by atoms with E-state index in [1.54, 1.807) is 12.1 Å². The number of methoxy groups -OCH3 is 1. The van der Waals surface area contributed by atoms with Crippen LogP contribution in [0.1, 0.15) is 18.7 Å². The lowest BCUT2D eigenvalue weighted by atomic mass is 10.0. The van der Waals surface area contributed by atoms with Gasteiger partial charge in [-0.15, -0.1) is 11.3 Å². The second-order valence-corrected chi connectivity index (χ2v) is 6.35. The minimum atomic E-state index is -0.389. The summed E-state index contributed by atoms with van der Waals surface area (Å²) in [6.07, 6.45) is 0.882. The predicted molar refractivity (Wildman–Crippen MR) is 77.6 cm³/mol. The van der Waals surface area contributed by atoms with E-state index in [0.29, 0.717) is 10.4 Å². The van der Waals surface area contributed by atoms with Gasteiger partial charge in [-0.2, -0.15) is 0 Å². The van der Waals surface area contributed by atoms with E-state index in [1.807, 2.05) is 0 Å². The summed E-state index contributed by atoms with van der Waals surface area (Å²) in [7, 11) is 1.45. The van der Waals surface area contributed by atoms with Crippen LogP contribution >= 0.6 is 22.9 Å². The molecular formula is C14H15ClFNOS. The summed E-state index contributed by atoms with van der Waals surface area (Å²) in [5, 5.41) is 0. The van der Waals surface area contributed by atoms with E-state index in [-0.39, 0.29) is 11.6 Å². The van der Waals surface area contributed by atoms with E-state index in [2.05, 4.69) is 18.8 Å². The Morgan fingerprint density at radius 2 is 2.16 bits per heavy atom. The van der Waals surface area contributed by atoms with E-state index >= 15 is 0 Å². The molecule has 1 aromatic heterocycles. The molecule has 0 aliphatic heterocycles. The molecule has 0 N–H and O–H groups in total. The average molecular weight is 300 g/mol. The first-order valence-electron chi connectivity index (χ1n) is 6.00. The maximum absolute atomic E-state index is 13.8. The van der Waals surface area contributed by atoms with E-state index in [0.717, 1.165) is 22.6 Å². The van der Waals surface area contributed by atoms with Gasteiger partial charge in [0.25, 0.3) is 0 Å². The Morgan fingerprint density at radius 1 is 1.42 bits per heavy atom. The number of aromatic nitrogens is 1. The van der Waals surface area contributed by atoms with Crippen molar-refractivity contribution in [3.63, 3.8) is 0 Å². The lowest BCUT2D eigenvalue weighted by Crippen LogP contribution is -1.95. The van der Waals surface area contributed by atoms with Crippen LogP contribution in [0.3, 0.4) is 0 Å². The molecule has 0 aliphatic carbocycles. The number of benzene rings is 1. The van der Waals surface area contributed by atoms with Crippen molar-refractivity contribution >= 4 is 22.9 Å². The quantitative estimate of drug-likeness (QED) is 0.808. The van der Waals surface area contributed by atoms with Crippen LogP contribution in [0, 0.1) is 11.7 Å². The van der Waals surface area contributed by atoms with Gasteiger partial charge in [0.1, 0.15) is 0 Å². The SMILES string of the molecule is COc1ccc(-c2nc(Cl)sc2CC(C)C)cc1F. The van der Waals surface area contributed by atoms with Gasteiger partial charge in [-0.25, -0.2) is 9.37 Å². The van der Waals surface area contributed by atoms with Crippen molar-refractivity contribution in [3.05, 3.63) is 33.4 Å². The van der Waals surface area contributed by atoms with Crippen LogP contribution in [0.4, 0.5) is 4.39 Å². The normalized spacial score (nSPS) is 11.1. The van der Waals surface area contributed by atoms with Crippen LogP contribution in [-0.2, 0) is 6.42 Å². The van der Waals surface area contributed by atoms with Crippen LogP contribution in [0.5, 0.6) is 5.75 Å². The fourth-order valence-corrected chi connectivity index (χ4v) is 3.25. The van der Waals surface area contributed by atoms with Crippen molar-refractivity contribution in [1.29, 1.82) is 0 Å². The molecular weight excluding hydrogens is 285 g/mol. The molecule has 0 atom stereocenters. The molecule has 5 heteroatoms. The Morgan fingerprint density at radius 3 is 2.74 bits per heavy atom.